The van der Waals surface area contributed by atoms with Gasteiger partial charge in [-0.2, -0.15) is 0 Å². The van der Waals surface area contributed by atoms with Gasteiger partial charge in [-0.25, -0.2) is 4.79 Å². The van der Waals surface area contributed by atoms with E-state index in [1.807, 2.05) is 0 Å². The number of esters is 1. The minimum atomic E-state index is -1.22. The van der Waals surface area contributed by atoms with Crippen LogP contribution < -0.4 is 16.4 Å². The van der Waals surface area contributed by atoms with E-state index in [2.05, 4.69) is 21.3 Å². The summed E-state index contributed by atoms with van der Waals surface area (Å²) in [5.41, 5.74) is 5.35. The molecule has 4 N–H and O–H groups in total. The summed E-state index contributed by atoms with van der Waals surface area (Å²) < 4.78 is 9.75. The summed E-state index contributed by atoms with van der Waals surface area (Å²) in [4.78, 5) is 62.7. The molecule has 1 aromatic rings. The van der Waals surface area contributed by atoms with Gasteiger partial charge in [-0.15, -0.1) is 6.42 Å². The van der Waals surface area contributed by atoms with Crippen LogP contribution >= 0.6 is 0 Å². The molecule has 11 nitrogen and oxygen atoms in total. The number of likely N-dealkylation sites (N-methyl/N-ethyl adjacent to an activating group) is 1. The van der Waals surface area contributed by atoms with E-state index in [4.69, 9.17) is 16.9 Å². The normalized spacial score (nSPS) is 12.3. The van der Waals surface area contributed by atoms with Crippen molar-refractivity contribution < 1.29 is 33.4 Å². The van der Waals surface area contributed by atoms with E-state index in [9.17, 15) is 24.0 Å². The van der Waals surface area contributed by atoms with Crippen LogP contribution in [0.3, 0.4) is 0 Å². The van der Waals surface area contributed by atoms with Crippen molar-refractivity contribution in [3.63, 3.8) is 0 Å². The molecule has 0 aliphatic carbocycles. The molecule has 4 amide bonds. The van der Waals surface area contributed by atoms with Gasteiger partial charge in [-0.3, -0.25) is 19.2 Å². The Bertz CT molecular complexity index is 977. The molecule has 0 heterocycles. The Morgan fingerprint density at radius 3 is 2.23 bits per heavy atom. The van der Waals surface area contributed by atoms with E-state index < -0.39 is 54.0 Å². The number of benzene rings is 1. The smallest absolute Gasteiger partial charge is 0.408 e. The average Bonchev–Trinajstić information content (AvgIpc) is 2.78. The highest BCUT2D eigenvalue weighted by molar-refractivity contribution is 5.93. The van der Waals surface area contributed by atoms with Gasteiger partial charge in [-0.1, -0.05) is 18.1 Å². The minimum absolute atomic E-state index is 0.121. The van der Waals surface area contributed by atoms with Crippen LogP contribution in [0.5, 0.6) is 0 Å². The first kappa shape index (κ1) is 29.0. The summed E-state index contributed by atoms with van der Waals surface area (Å²) in [5, 5.41) is 4.86. The number of primary amides is 1. The lowest BCUT2D eigenvalue weighted by Gasteiger charge is -2.31. The number of amides is 4. The molecule has 1 rings (SSSR count). The number of nitrogens with zero attached hydrogens (tertiary/aromatic N) is 1. The van der Waals surface area contributed by atoms with Crippen LogP contribution in [0.25, 0.3) is 0 Å². The lowest BCUT2D eigenvalue weighted by molar-refractivity contribution is -0.143. The molecule has 0 bridgehead atoms. The van der Waals surface area contributed by atoms with Crippen molar-refractivity contribution >= 4 is 29.8 Å². The SMILES string of the molecule is C#Cc1ccc(C(C(=O)NCC(=O)OC)N(C)C(=O)C(CCC(N)=O)NC(=O)OC(C)(C)C)cc1. The lowest BCUT2D eigenvalue weighted by Crippen LogP contribution is -2.52. The van der Waals surface area contributed by atoms with Crippen LogP contribution in [-0.4, -0.2) is 67.0 Å². The molecule has 0 saturated heterocycles. The summed E-state index contributed by atoms with van der Waals surface area (Å²) in [7, 11) is 2.53. The van der Waals surface area contributed by atoms with Crippen molar-refractivity contribution in [1.82, 2.24) is 15.5 Å². The van der Waals surface area contributed by atoms with Gasteiger partial charge in [0.25, 0.3) is 0 Å². The van der Waals surface area contributed by atoms with E-state index in [1.165, 1.54) is 14.2 Å². The van der Waals surface area contributed by atoms with Gasteiger partial charge in [0.1, 0.15) is 24.2 Å². The lowest BCUT2D eigenvalue weighted by atomic mass is 10.0. The Kier molecular flexibility index (Phi) is 10.7. The highest BCUT2D eigenvalue weighted by atomic mass is 16.6. The van der Waals surface area contributed by atoms with Crippen LogP contribution in [0.2, 0.25) is 0 Å². The number of nitrogens with two attached hydrogens (primary N) is 1. The van der Waals surface area contributed by atoms with Crippen molar-refractivity contribution in [1.29, 1.82) is 0 Å². The van der Waals surface area contributed by atoms with E-state index >= 15 is 0 Å². The number of ether oxygens (including phenoxy) is 2. The van der Waals surface area contributed by atoms with Crippen molar-refractivity contribution in [3.05, 3.63) is 35.4 Å². The number of carbonyl (C=O) groups is 5. The molecule has 2 unspecified atom stereocenters. The second-order valence-corrected chi connectivity index (χ2v) is 8.62. The number of terminal acetylenes is 1. The number of alkyl carbamates (subject to hydrolysis) is 1. The molecule has 0 saturated carbocycles. The van der Waals surface area contributed by atoms with E-state index in [0.29, 0.717) is 11.1 Å². The van der Waals surface area contributed by atoms with Crippen LogP contribution in [0.15, 0.2) is 24.3 Å². The minimum Gasteiger partial charge on any atom is -0.468 e. The quantitative estimate of drug-likeness (QED) is 0.322. The maximum Gasteiger partial charge on any atom is 0.408 e. The van der Waals surface area contributed by atoms with Crippen LogP contribution in [0.4, 0.5) is 4.79 Å². The van der Waals surface area contributed by atoms with Gasteiger partial charge >= 0.3 is 12.1 Å². The third-order valence-corrected chi connectivity index (χ3v) is 4.68. The first-order chi connectivity index (χ1) is 16.3. The maximum absolute atomic E-state index is 13.4. The van der Waals surface area contributed by atoms with Gasteiger partial charge in [0.2, 0.25) is 17.7 Å². The highest BCUT2D eigenvalue weighted by Crippen LogP contribution is 2.22. The van der Waals surface area contributed by atoms with E-state index in [-0.39, 0.29) is 12.8 Å². The fourth-order valence-electron chi connectivity index (χ4n) is 3.01. The molecule has 0 aliphatic rings. The predicted octanol–water partition coefficient (Wildman–Crippen LogP) is 0.615. The number of hydrogen-bond donors (Lipinski definition) is 3. The summed E-state index contributed by atoms with van der Waals surface area (Å²) >= 11 is 0. The number of carbonyl (C=O) groups excluding carboxylic acids is 5. The third-order valence-electron chi connectivity index (χ3n) is 4.68. The van der Waals surface area contributed by atoms with E-state index in [0.717, 1.165) is 4.90 Å². The largest absolute Gasteiger partial charge is 0.468 e. The Hall–Kier alpha value is -4.07. The monoisotopic (exact) mass is 488 g/mol. The van der Waals surface area contributed by atoms with Crippen LogP contribution in [-0.2, 0) is 28.7 Å². The van der Waals surface area contributed by atoms with Gasteiger partial charge in [0.15, 0.2) is 0 Å². The molecule has 0 spiro atoms. The first-order valence-electron chi connectivity index (χ1n) is 10.7. The maximum atomic E-state index is 13.4. The molecule has 0 aliphatic heterocycles. The second-order valence-electron chi connectivity index (χ2n) is 8.62. The van der Waals surface area contributed by atoms with Gasteiger partial charge in [-0.05, 0) is 44.9 Å². The number of nitrogens with one attached hydrogen (secondary N) is 2. The fraction of sp³-hybridized carbons (Fsp3) is 0.458. The molecular weight excluding hydrogens is 456 g/mol. The Morgan fingerprint density at radius 1 is 1.14 bits per heavy atom. The second kappa shape index (κ2) is 13.0. The summed E-state index contributed by atoms with van der Waals surface area (Å²) in [6.45, 7) is 4.54. The molecule has 1 aromatic carbocycles. The predicted molar refractivity (Wildman–Crippen MR) is 126 cm³/mol. The molecule has 11 heteroatoms. The van der Waals surface area contributed by atoms with Gasteiger partial charge < -0.3 is 30.7 Å². The highest BCUT2D eigenvalue weighted by Gasteiger charge is 2.34. The molecule has 0 radical (unpaired) electrons. The van der Waals surface area contributed by atoms with Crippen molar-refractivity contribution in [3.8, 4) is 12.3 Å². The number of rotatable bonds is 10. The summed E-state index contributed by atoms with van der Waals surface area (Å²) in [6, 6.07) is 3.91. The van der Waals surface area contributed by atoms with Gasteiger partial charge in [0.05, 0.1) is 7.11 Å². The Labute approximate surface area is 204 Å². The molecule has 0 aromatic heterocycles. The third kappa shape index (κ3) is 9.75. The molecule has 0 fully saturated rings. The van der Waals surface area contributed by atoms with E-state index in [1.54, 1.807) is 45.0 Å². The molecule has 190 valence electrons. The zero-order valence-corrected chi connectivity index (χ0v) is 20.5. The number of hydrogen-bond acceptors (Lipinski definition) is 7. The summed E-state index contributed by atoms with van der Waals surface area (Å²) in [6.07, 6.45) is 4.20. The average molecular weight is 489 g/mol. The molecule has 2 atom stereocenters. The molecular formula is C24H32N4O7. The zero-order chi connectivity index (χ0) is 26.8. The van der Waals surface area contributed by atoms with Crippen molar-refractivity contribution in [2.75, 3.05) is 20.7 Å². The Morgan fingerprint density at radius 2 is 1.74 bits per heavy atom. The van der Waals surface area contributed by atoms with Gasteiger partial charge in [0, 0.05) is 19.0 Å². The summed E-state index contributed by atoms with van der Waals surface area (Å²) in [5.74, 6) is -0.252. The number of methoxy groups -OCH3 is 1. The van der Waals surface area contributed by atoms with Crippen LogP contribution in [0, 0.1) is 12.3 Å². The van der Waals surface area contributed by atoms with Crippen molar-refractivity contribution in [2.24, 2.45) is 5.73 Å². The van der Waals surface area contributed by atoms with Crippen molar-refractivity contribution in [2.45, 2.75) is 51.3 Å². The molecule has 35 heavy (non-hydrogen) atoms. The van der Waals surface area contributed by atoms with Crippen LogP contribution in [0.1, 0.15) is 50.8 Å². The zero-order valence-electron chi connectivity index (χ0n) is 20.5. The first-order valence-corrected chi connectivity index (χ1v) is 10.7. The topological polar surface area (TPSA) is 157 Å². The Balaban J connectivity index is 3.27. The fourth-order valence-corrected chi connectivity index (χ4v) is 3.01. The standard InChI is InChI=1S/C24H32N4O7/c1-7-15-8-10-16(11-9-15)20(21(31)26-14-19(30)34-6)28(5)22(32)17(12-13-18(25)29)27-23(33)35-24(2,3)4/h1,8-11,17,20H,12-14H2,2-6H3,(H2,25,29)(H,26,31)(H,27,33).